The molecule has 0 saturated heterocycles. The Morgan fingerprint density at radius 2 is 2.43 bits per heavy atom. The standard InChI is InChI=1S/C10H19N3O/c1-9(11-5-4-6-14-3)10-7-12-13(2)8-10/h7-9,11H,4-6H2,1-3H3/t9-/m1/s1. The van der Waals surface area contributed by atoms with Gasteiger partial charge in [-0.25, -0.2) is 0 Å². The summed E-state index contributed by atoms with van der Waals surface area (Å²) >= 11 is 0. The van der Waals surface area contributed by atoms with Gasteiger partial charge in [-0.05, 0) is 19.9 Å². The Bertz CT molecular complexity index is 260. The Labute approximate surface area is 85.3 Å². The minimum Gasteiger partial charge on any atom is -0.385 e. The van der Waals surface area contributed by atoms with E-state index < -0.39 is 0 Å². The molecule has 0 aliphatic carbocycles. The molecule has 0 aromatic carbocycles. The van der Waals surface area contributed by atoms with Crippen molar-refractivity contribution in [3.05, 3.63) is 18.0 Å². The molecule has 0 aliphatic rings. The average Bonchev–Trinajstić information content (AvgIpc) is 2.59. The first kappa shape index (κ1) is 11.2. The molecule has 0 fully saturated rings. The van der Waals surface area contributed by atoms with Crippen LogP contribution in [-0.2, 0) is 11.8 Å². The van der Waals surface area contributed by atoms with Gasteiger partial charge in [0.1, 0.15) is 0 Å². The van der Waals surface area contributed by atoms with Gasteiger partial charge in [-0.3, -0.25) is 4.68 Å². The molecule has 80 valence electrons. The SMILES string of the molecule is COCCCN[C@H](C)c1cnn(C)c1. The number of aryl methyl sites for hydroxylation is 1. The van der Waals surface area contributed by atoms with Crippen molar-refractivity contribution in [2.75, 3.05) is 20.3 Å². The van der Waals surface area contributed by atoms with E-state index in [0.29, 0.717) is 6.04 Å². The molecule has 0 spiro atoms. The zero-order chi connectivity index (χ0) is 10.4. The van der Waals surface area contributed by atoms with Gasteiger partial charge in [-0.15, -0.1) is 0 Å². The van der Waals surface area contributed by atoms with Gasteiger partial charge in [-0.2, -0.15) is 5.10 Å². The fraction of sp³-hybridized carbons (Fsp3) is 0.700. The Morgan fingerprint density at radius 3 is 3.00 bits per heavy atom. The molecule has 0 aliphatic heterocycles. The van der Waals surface area contributed by atoms with Crippen molar-refractivity contribution in [2.24, 2.45) is 7.05 Å². The average molecular weight is 197 g/mol. The number of aromatic nitrogens is 2. The van der Waals surface area contributed by atoms with Crippen LogP contribution < -0.4 is 5.32 Å². The van der Waals surface area contributed by atoms with Crippen LogP contribution in [0, 0.1) is 0 Å². The van der Waals surface area contributed by atoms with Crippen LogP contribution in [0.15, 0.2) is 12.4 Å². The Hall–Kier alpha value is -0.870. The number of hydrogen-bond donors (Lipinski definition) is 1. The number of rotatable bonds is 6. The highest BCUT2D eigenvalue weighted by Crippen LogP contribution is 2.09. The quantitative estimate of drug-likeness (QED) is 0.694. The smallest absolute Gasteiger partial charge is 0.0537 e. The molecule has 1 heterocycles. The van der Waals surface area contributed by atoms with E-state index in [0.717, 1.165) is 19.6 Å². The molecule has 0 unspecified atom stereocenters. The summed E-state index contributed by atoms with van der Waals surface area (Å²) in [5.74, 6) is 0. The van der Waals surface area contributed by atoms with Crippen molar-refractivity contribution in [2.45, 2.75) is 19.4 Å². The highest BCUT2D eigenvalue weighted by molar-refractivity contribution is 5.08. The number of ether oxygens (including phenoxy) is 1. The third-order valence-electron chi connectivity index (χ3n) is 2.20. The lowest BCUT2D eigenvalue weighted by Crippen LogP contribution is -2.20. The summed E-state index contributed by atoms with van der Waals surface area (Å²) in [6.45, 7) is 3.93. The maximum atomic E-state index is 4.98. The lowest BCUT2D eigenvalue weighted by atomic mass is 10.2. The van der Waals surface area contributed by atoms with Crippen LogP contribution in [0.5, 0.6) is 0 Å². The summed E-state index contributed by atoms with van der Waals surface area (Å²) in [5.41, 5.74) is 1.23. The first-order valence-corrected chi connectivity index (χ1v) is 4.95. The molecule has 0 bridgehead atoms. The lowest BCUT2D eigenvalue weighted by Gasteiger charge is -2.11. The summed E-state index contributed by atoms with van der Waals surface area (Å²) in [6, 6.07) is 0.362. The lowest BCUT2D eigenvalue weighted by molar-refractivity contribution is 0.193. The predicted molar refractivity (Wildman–Crippen MR) is 56.1 cm³/mol. The molecule has 1 aromatic heterocycles. The van der Waals surface area contributed by atoms with E-state index in [2.05, 4.69) is 17.3 Å². The molecule has 0 saturated carbocycles. The van der Waals surface area contributed by atoms with E-state index in [1.165, 1.54) is 5.56 Å². The second kappa shape index (κ2) is 5.78. The molecular formula is C10H19N3O. The van der Waals surface area contributed by atoms with Gasteiger partial charge in [-0.1, -0.05) is 0 Å². The molecule has 1 atom stereocenters. The number of hydrogen-bond acceptors (Lipinski definition) is 3. The van der Waals surface area contributed by atoms with Crippen LogP contribution in [-0.4, -0.2) is 30.0 Å². The number of nitrogens with zero attached hydrogens (tertiary/aromatic N) is 2. The second-order valence-corrected chi connectivity index (χ2v) is 3.47. The summed E-state index contributed by atoms with van der Waals surface area (Å²) < 4.78 is 6.80. The summed E-state index contributed by atoms with van der Waals surface area (Å²) in [7, 11) is 3.66. The number of methoxy groups -OCH3 is 1. The van der Waals surface area contributed by atoms with E-state index in [4.69, 9.17) is 4.74 Å². The predicted octanol–water partition coefficient (Wildman–Crippen LogP) is 1.11. The zero-order valence-corrected chi connectivity index (χ0v) is 9.16. The van der Waals surface area contributed by atoms with E-state index in [9.17, 15) is 0 Å². The molecule has 1 N–H and O–H groups in total. The molecule has 1 rings (SSSR count). The minimum absolute atomic E-state index is 0.362. The molecule has 0 amide bonds. The topological polar surface area (TPSA) is 39.1 Å². The minimum atomic E-state index is 0.362. The van der Waals surface area contributed by atoms with Crippen molar-refractivity contribution < 1.29 is 4.74 Å². The highest BCUT2D eigenvalue weighted by Gasteiger charge is 2.05. The number of nitrogens with one attached hydrogen (secondary N) is 1. The van der Waals surface area contributed by atoms with E-state index in [-0.39, 0.29) is 0 Å². The maximum absolute atomic E-state index is 4.98. The fourth-order valence-electron chi connectivity index (χ4n) is 1.32. The Morgan fingerprint density at radius 1 is 1.64 bits per heavy atom. The van der Waals surface area contributed by atoms with Crippen LogP contribution in [0.25, 0.3) is 0 Å². The van der Waals surface area contributed by atoms with Gasteiger partial charge in [0.25, 0.3) is 0 Å². The molecule has 14 heavy (non-hydrogen) atoms. The summed E-state index contributed by atoms with van der Waals surface area (Å²) in [5, 5.41) is 7.55. The zero-order valence-electron chi connectivity index (χ0n) is 9.16. The van der Waals surface area contributed by atoms with Crippen molar-refractivity contribution in [1.29, 1.82) is 0 Å². The summed E-state index contributed by atoms with van der Waals surface area (Å²) in [6.07, 6.45) is 4.98. The van der Waals surface area contributed by atoms with Gasteiger partial charge in [0.15, 0.2) is 0 Å². The Balaban J connectivity index is 2.25. The molecule has 0 radical (unpaired) electrons. The van der Waals surface area contributed by atoms with Gasteiger partial charge >= 0.3 is 0 Å². The maximum Gasteiger partial charge on any atom is 0.0537 e. The largest absolute Gasteiger partial charge is 0.385 e. The third kappa shape index (κ3) is 3.47. The Kier molecular flexibility index (Phi) is 4.62. The monoisotopic (exact) mass is 197 g/mol. The molecular weight excluding hydrogens is 178 g/mol. The van der Waals surface area contributed by atoms with Gasteiger partial charge in [0.05, 0.1) is 6.20 Å². The fourth-order valence-corrected chi connectivity index (χ4v) is 1.32. The molecule has 4 nitrogen and oxygen atoms in total. The van der Waals surface area contributed by atoms with Crippen LogP contribution in [0.4, 0.5) is 0 Å². The van der Waals surface area contributed by atoms with Crippen molar-refractivity contribution >= 4 is 0 Å². The van der Waals surface area contributed by atoms with Crippen LogP contribution in [0.1, 0.15) is 24.9 Å². The van der Waals surface area contributed by atoms with Crippen LogP contribution in [0.2, 0.25) is 0 Å². The van der Waals surface area contributed by atoms with E-state index >= 15 is 0 Å². The summed E-state index contributed by atoms with van der Waals surface area (Å²) in [4.78, 5) is 0. The third-order valence-corrected chi connectivity index (χ3v) is 2.20. The second-order valence-electron chi connectivity index (χ2n) is 3.47. The van der Waals surface area contributed by atoms with Crippen LogP contribution in [0.3, 0.4) is 0 Å². The van der Waals surface area contributed by atoms with Crippen molar-refractivity contribution in [1.82, 2.24) is 15.1 Å². The highest BCUT2D eigenvalue weighted by atomic mass is 16.5. The van der Waals surface area contributed by atoms with Crippen LogP contribution >= 0.6 is 0 Å². The molecule has 4 heteroatoms. The van der Waals surface area contributed by atoms with Crippen molar-refractivity contribution in [3.63, 3.8) is 0 Å². The first-order chi connectivity index (χ1) is 6.74. The first-order valence-electron chi connectivity index (χ1n) is 4.95. The van der Waals surface area contributed by atoms with Gasteiger partial charge in [0.2, 0.25) is 0 Å². The van der Waals surface area contributed by atoms with E-state index in [1.54, 1.807) is 7.11 Å². The molecule has 1 aromatic rings. The van der Waals surface area contributed by atoms with Gasteiger partial charge in [0, 0.05) is 38.6 Å². The normalized spacial score (nSPS) is 13.1. The van der Waals surface area contributed by atoms with Gasteiger partial charge < -0.3 is 10.1 Å². The van der Waals surface area contributed by atoms with E-state index in [1.807, 2.05) is 24.1 Å². The van der Waals surface area contributed by atoms with Crippen molar-refractivity contribution in [3.8, 4) is 0 Å².